The Hall–Kier alpha value is -0.700. The lowest BCUT2D eigenvalue weighted by molar-refractivity contribution is 0.0361. The Balaban J connectivity index is 1.94. The molecule has 0 aromatic carbocycles. The van der Waals surface area contributed by atoms with Gasteiger partial charge in [0, 0.05) is 0 Å². The molecule has 0 amide bonds. The molecule has 10 heavy (non-hydrogen) atoms. The van der Waals surface area contributed by atoms with E-state index in [9.17, 15) is 0 Å². The molecule has 0 saturated carbocycles. The average Bonchev–Trinajstić information content (AvgIpc) is 2.67. The number of hydrogen-bond acceptors (Lipinski definition) is 3. The molecule has 1 aliphatic rings. The highest BCUT2D eigenvalue weighted by atomic mass is 16.7. The van der Waals surface area contributed by atoms with Crippen LogP contribution in [0.1, 0.15) is 6.92 Å². The maximum absolute atomic E-state index is 5.06. The fourth-order valence-electron chi connectivity index (χ4n) is 0.553. The summed E-state index contributed by atoms with van der Waals surface area (Å²) in [4.78, 5) is 0. The third-order valence-electron chi connectivity index (χ3n) is 1.14. The molecule has 3 heteroatoms. The van der Waals surface area contributed by atoms with E-state index in [2.05, 4.69) is 6.58 Å². The third-order valence-corrected chi connectivity index (χ3v) is 1.14. The van der Waals surface area contributed by atoms with E-state index in [1.807, 2.05) is 6.92 Å². The molecule has 1 rings (SSSR count). The van der Waals surface area contributed by atoms with Crippen molar-refractivity contribution < 1.29 is 14.2 Å². The van der Waals surface area contributed by atoms with Crippen LogP contribution in [-0.4, -0.2) is 25.9 Å². The van der Waals surface area contributed by atoms with Crippen LogP contribution in [0.3, 0.4) is 0 Å². The molecule has 1 unspecified atom stereocenters. The lowest BCUT2D eigenvalue weighted by Gasteiger charge is -2.06. The molecular formula is C7H12O3. The van der Waals surface area contributed by atoms with Crippen molar-refractivity contribution in [3.8, 4) is 0 Å². The Kier molecular flexibility index (Phi) is 2.57. The number of ether oxygens (including phenoxy) is 3. The summed E-state index contributed by atoms with van der Waals surface area (Å²) in [6.45, 7) is 7.41. The first-order chi connectivity index (χ1) is 4.83. The van der Waals surface area contributed by atoms with Gasteiger partial charge in [-0.1, -0.05) is 0 Å². The Labute approximate surface area is 60.6 Å². The number of rotatable bonds is 5. The summed E-state index contributed by atoms with van der Waals surface area (Å²) in [7, 11) is 0. The normalized spacial score (nSPS) is 21.9. The Morgan fingerprint density at radius 3 is 2.90 bits per heavy atom. The second-order valence-corrected chi connectivity index (χ2v) is 2.07. The fraction of sp³-hybridized carbons (Fsp3) is 0.714. The summed E-state index contributed by atoms with van der Waals surface area (Å²) in [5.41, 5.74) is 0. The van der Waals surface area contributed by atoms with Gasteiger partial charge in [-0.25, -0.2) is 0 Å². The topological polar surface area (TPSA) is 31.0 Å². The second-order valence-electron chi connectivity index (χ2n) is 2.07. The SMILES string of the molecule is C=C(OCC)OCC1CO1. The first-order valence-corrected chi connectivity index (χ1v) is 3.39. The van der Waals surface area contributed by atoms with Crippen LogP contribution in [0, 0.1) is 0 Å². The van der Waals surface area contributed by atoms with Crippen LogP contribution in [0.4, 0.5) is 0 Å². The summed E-state index contributed by atoms with van der Waals surface area (Å²) in [5, 5.41) is 0. The van der Waals surface area contributed by atoms with E-state index in [0.29, 0.717) is 19.2 Å². The van der Waals surface area contributed by atoms with E-state index >= 15 is 0 Å². The van der Waals surface area contributed by atoms with Gasteiger partial charge in [0.05, 0.1) is 13.2 Å². The molecule has 0 N–H and O–H groups in total. The summed E-state index contributed by atoms with van der Waals surface area (Å²) >= 11 is 0. The van der Waals surface area contributed by atoms with E-state index in [1.54, 1.807) is 0 Å². The Bertz CT molecular complexity index is 118. The van der Waals surface area contributed by atoms with E-state index in [-0.39, 0.29) is 6.10 Å². The molecule has 0 aliphatic carbocycles. The summed E-state index contributed by atoms with van der Waals surface area (Å²) in [5.74, 6) is 0.387. The highest BCUT2D eigenvalue weighted by Crippen LogP contribution is 2.10. The van der Waals surface area contributed by atoms with Crippen molar-refractivity contribution in [2.75, 3.05) is 19.8 Å². The standard InChI is InChI=1S/C7H12O3/c1-3-8-6(2)9-4-7-5-10-7/h7H,2-5H2,1H3. The second kappa shape index (κ2) is 3.46. The van der Waals surface area contributed by atoms with Crippen LogP contribution in [0.2, 0.25) is 0 Å². The maximum atomic E-state index is 5.06. The largest absolute Gasteiger partial charge is 0.466 e. The van der Waals surface area contributed by atoms with Crippen molar-refractivity contribution in [1.29, 1.82) is 0 Å². The van der Waals surface area contributed by atoms with Crippen molar-refractivity contribution in [2.45, 2.75) is 13.0 Å². The smallest absolute Gasteiger partial charge is 0.271 e. The van der Waals surface area contributed by atoms with Crippen molar-refractivity contribution in [3.63, 3.8) is 0 Å². The molecule has 1 atom stereocenters. The predicted molar refractivity (Wildman–Crippen MR) is 36.5 cm³/mol. The minimum atomic E-state index is 0.275. The van der Waals surface area contributed by atoms with Crippen LogP contribution in [0.25, 0.3) is 0 Å². The molecule has 0 bridgehead atoms. The minimum absolute atomic E-state index is 0.275. The van der Waals surface area contributed by atoms with Crippen molar-refractivity contribution in [3.05, 3.63) is 12.5 Å². The van der Waals surface area contributed by atoms with E-state index in [4.69, 9.17) is 14.2 Å². The zero-order valence-electron chi connectivity index (χ0n) is 6.13. The van der Waals surface area contributed by atoms with Crippen molar-refractivity contribution >= 4 is 0 Å². The Morgan fingerprint density at radius 1 is 1.70 bits per heavy atom. The lowest BCUT2D eigenvalue weighted by atomic mass is 10.5. The molecule has 0 radical (unpaired) electrons. The highest BCUT2D eigenvalue weighted by molar-refractivity contribution is 4.73. The molecule has 0 aromatic heterocycles. The average molecular weight is 144 g/mol. The lowest BCUT2D eigenvalue weighted by Crippen LogP contribution is -2.02. The van der Waals surface area contributed by atoms with Gasteiger partial charge in [0.2, 0.25) is 0 Å². The third kappa shape index (κ3) is 2.73. The molecule has 0 aromatic rings. The van der Waals surface area contributed by atoms with Crippen LogP contribution in [0.15, 0.2) is 12.5 Å². The minimum Gasteiger partial charge on any atom is -0.466 e. The van der Waals surface area contributed by atoms with Crippen LogP contribution >= 0.6 is 0 Å². The van der Waals surface area contributed by atoms with Crippen LogP contribution < -0.4 is 0 Å². The van der Waals surface area contributed by atoms with Gasteiger partial charge in [-0.3, -0.25) is 0 Å². The van der Waals surface area contributed by atoms with Gasteiger partial charge >= 0.3 is 0 Å². The van der Waals surface area contributed by atoms with Gasteiger partial charge in [0.15, 0.2) is 0 Å². The van der Waals surface area contributed by atoms with Gasteiger partial charge in [-0.2, -0.15) is 0 Å². The Morgan fingerprint density at radius 2 is 2.40 bits per heavy atom. The quantitative estimate of drug-likeness (QED) is 0.424. The molecule has 58 valence electrons. The van der Waals surface area contributed by atoms with Crippen LogP contribution in [0.5, 0.6) is 0 Å². The number of epoxide rings is 1. The zero-order chi connectivity index (χ0) is 7.40. The van der Waals surface area contributed by atoms with Crippen LogP contribution in [-0.2, 0) is 14.2 Å². The van der Waals surface area contributed by atoms with Gasteiger partial charge in [0.25, 0.3) is 5.95 Å². The van der Waals surface area contributed by atoms with Gasteiger partial charge < -0.3 is 14.2 Å². The highest BCUT2D eigenvalue weighted by Gasteiger charge is 2.23. The zero-order valence-corrected chi connectivity index (χ0v) is 6.13. The van der Waals surface area contributed by atoms with Gasteiger partial charge in [-0.15, -0.1) is 0 Å². The first-order valence-electron chi connectivity index (χ1n) is 3.39. The summed E-state index contributed by atoms with van der Waals surface area (Å²) in [6, 6.07) is 0. The van der Waals surface area contributed by atoms with E-state index in [0.717, 1.165) is 6.61 Å². The predicted octanol–water partition coefficient (Wildman–Crippen LogP) is 0.909. The molecule has 1 heterocycles. The van der Waals surface area contributed by atoms with E-state index < -0.39 is 0 Å². The van der Waals surface area contributed by atoms with Crippen molar-refractivity contribution in [2.24, 2.45) is 0 Å². The fourth-order valence-corrected chi connectivity index (χ4v) is 0.553. The molecule has 1 saturated heterocycles. The van der Waals surface area contributed by atoms with Crippen molar-refractivity contribution in [1.82, 2.24) is 0 Å². The molecule has 0 spiro atoms. The molecule has 1 fully saturated rings. The molecule has 1 aliphatic heterocycles. The molecule has 3 nitrogen and oxygen atoms in total. The van der Waals surface area contributed by atoms with Gasteiger partial charge in [-0.05, 0) is 13.5 Å². The summed E-state index contributed by atoms with van der Waals surface area (Å²) < 4.78 is 14.9. The maximum Gasteiger partial charge on any atom is 0.271 e. The number of hydrogen-bond donors (Lipinski definition) is 0. The summed E-state index contributed by atoms with van der Waals surface area (Å²) in [6.07, 6.45) is 0.275. The van der Waals surface area contributed by atoms with Gasteiger partial charge in [0.1, 0.15) is 12.7 Å². The van der Waals surface area contributed by atoms with E-state index in [1.165, 1.54) is 0 Å². The molecular weight excluding hydrogens is 132 g/mol. The first kappa shape index (κ1) is 7.41. The monoisotopic (exact) mass is 144 g/mol.